The van der Waals surface area contributed by atoms with Crippen molar-refractivity contribution in [3.05, 3.63) is 69.6 Å². The van der Waals surface area contributed by atoms with Crippen molar-refractivity contribution in [2.75, 3.05) is 40.4 Å². The Balaban J connectivity index is 1.79. The fraction of sp³-hybridized carbons (Fsp3) is 0.450. The van der Waals surface area contributed by atoms with Crippen LogP contribution in [0.5, 0.6) is 0 Å². The number of hydrogen-bond donors (Lipinski definition) is 1. The van der Waals surface area contributed by atoms with Crippen LogP contribution in [0.15, 0.2) is 47.4 Å². The molecule has 2 heterocycles. The Morgan fingerprint density at radius 3 is 2.80 bits per heavy atom. The van der Waals surface area contributed by atoms with Gasteiger partial charge in [0, 0.05) is 49.6 Å². The fourth-order valence-corrected chi connectivity index (χ4v) is 3.34. The van der Waals surface area contributed by atoms with Crippen LogP contribution >= 0.6 is 0 Å². The van der Waals surface area contributed by atoms with Gasteiger partial charge in [-0.15, -0.1) is 0 Å². The van der Waals surface area contributed by atoms with Crippen molar-refractivity contribution in [3.8, 4) is 0 Å². The molecule has 5 heteroatoms. The second kappa shape index (κ2) is 8.43. The summed E-state index contributed by atoms with van der Waals surface area (Å²) < 4.78 is 5.93. The largest absolute Gasteiger partial charge is 0.378 e. The number of fused-ring (bicyclic) bond motifs is 1. The van der Waals surface area contributed by atoms with Gasteiger partial charge in [-0.1, -0.05) is 30.3 Å². The van der Waals surface area contributed by atoms with Crippen molar-refractivity contribution in [3.63, 3.8) is 0 Å². The highest BCUT2D eigenvalue weighted by Crippen LogP contribution is 2.28. The first-order chi connectivity index (χ1) is 12.1. The number of ether oxygens (including phenoxy) is 1. The Morgan fingerprint density at radius 1 is 1.24 bits per heavy atom. The van der Waals surface area contributed by atoms with E-state index in [-0.39, 0.29) is 11.5 Å². The molecule has 5 nitrogen and oxygen atoms in total. The van der Waals surface area contributed by atoms with Gasteiger partial charge >= 0.3 is 0 Å². The van der Waals surface area contributed by atoms with Gasteiger partial charge < -0.3 is 14.6 Å². The number of likely N-dealkylation sites (N-methyl/N-ethyl adjacent to an activating group) is 1. The van der Waals surface area contributed by atoms with E-state index in [0.29, 0.717) is 13.2 Å². The lowest BCUT2D eigenvalue weighted by molar-refractivity contribution is 0.0426. The maximum atomic E-state index is 12.5. The number of hydrogen-bond acceptors (Lipinski definition) is 4. The number of aromatic amines is 1. The molecule has 3 rings (SSSR count). The van der Waals surface area contributed by atoms with Crippen LogP contribution in [0, 0.1) is 0 Å². The molecular weight excluding hydrogens is 314 g/mol. The predicted molar refractivity (Wildman–Crippen MR) is 99.7 cm³/mol. The van der Waals surface area contributed by atoms with Crippen LogP contribution in [-0.4, -0.2) is 55.2 Å². The summed E-state index contributed by atoms with van der Waals surface area (Å²) in [5.74, 6) is 0. The van der Waals surface area contributed by atoms with E-state index < -0.39 is 0 Å². The molecular formula is C20H27N3O2. The van der Waals surface area contributed by atoms with E-state index in [0.717, 1.165) is 37.3 Å². The average molecular weight is 341 g/mol. The monoisotopic (exact) mass is 341 g/mol. The molecule has 0 radical (unpaired) electrons. The first-order valence-electron chi connectivity index (χ1n) is 8.86. The topological polar surface area (TPSA) is 48.6 Å². The maximum absolute atomic E-state index is 12.5. The number of aromatic nitrogens is 1. The molecule has 25 heavy (non-hydrogen) atoms. The molecule has 1 atom stereocenters. The Bertz CT molecular complexity index is 727. The Labute approximate surface area is 149 Å². The summed E-state index contributed by atoms with van der Waals surface area (Å²) in [7, 11) is 4.07. The van der Waals surface area contributed by atoms with Crippen molar-refractivity contribution in [2.24, 2.45) is 0 Å². The number of nitrogens with one attached hydrogen (secondary N) is 1. The van der Waals surface area contributed by atoms with Crippen molar-refractivity contribution >= 4 is 0 Å². The first-order valence-corrected chi connectivity index (χ1v) is 8.86. The quantitative estimate of drug-likeness (QED) is 0.783. The van der Waals surface area contributed by atoms with Crippen LogP contribution in [0.4, 0.5) is 0 Å². The summed E-state index contributed by atoms with van der Waals surface area (Å²) in [6, 6.07) is 12.0. The number of rotatable bonds is 7. The minimum Gasteiger partial charge on any atom is -0.378 e. The molecule has 1 aromatic carbocycles. The van der Waals surface area contributed by atoms with Gasteiger partial charge in [-0.2, -0.15) is 0 Å². The van der Waals surface area contributed by atoms with Crippen LogP contribution in [0.2, 0.25) is 0 Å². The van der Waals surface area contributed by atoms with Crippen LogP contribution in [-0.2, 0) is 17.7 Å². The normalized spacial score (nSPS) is 17.6. The molecule has 1 aromatic heterocycles. The van der Waals surface area contributed by atoms with Crippen molar-refractivity contribution < 1.29 is 4.74 Å². The fourth-order valence-electron chi connectivity index (χ4n) is 3.34. The molecule has 1 aliphatic heterocycles. The highest BCUT2D eigenvalue weighted by atomic mass is 16.5. The Kier molecular flexibility index (Phi) is 6.02. The third-order valence-corrected chi connectivity index (χ3v) is 4.69. The molecule has 0 fully saturated rings. The van der Waals surface area contributed by atoms with Crippen LogP contribution in [0.3, 0.4) is 0 Å². The summed E-state index contributed by atoms with van der Waals surface area (Å²) in [6.45, 7) is 3.84. The van der Waals surface area contributed by atoms with E-state index >= 15 is 0 Å². The van der Waals surface area contributed by atoms with Crippen molar-refractivity contribution in [2.45, 2.75) is 19.0 Å². The van der Waals surface area contributed by atoms with Gasteiger partial charge in [-0.3, -0.25) is 9.69 Å². The molecule has 134 valence electrons. The van der Waals surface area contributed by atoms with E-state index in [9.17, 15) is 4.79 Å². The first kappa shape index (κ1) is 17.9. The molecule has 0 spiro atoms. The standard InChI is InChI=1S/C20H27N3O2/c1-22(2)12-13-25-15-18-20-17(21-10-8-19(20)24)9-11-23(18)14-16-6-4-3-5-7-16/h3-8,10,18H,9,11-15H2,1-2H3,(H,21,24). The van der Waals surface area contributed by atoms with Crippen molar-refractivity contribution in [1.29, 1.82) is 0 Å². The lowest BCUT2D eigenvalue weighted by atomic mass is 9.96. The zero-order valence-corrected chi connectivity index (χ0v) is 15.1. The van der Waals surface area contributed by atoms with E-state index in [2.05, 4.69) is 39.0 Å². The summed E-state index contributed by atoms with van der Waals surface area (Å²) in [4.78, 5) is 20.2. The van der Waals surface area contributed by atoms with Gasteiger partial charge in [0.2, 0.25) is 0 Å². The summed E-state index contributed by atoms with van der Waals surface area (Å²) in [5.41, 5.74) is 3.29. The summed E-state index contributed by atoms with van der Waals surface area (Å²) in [6.07, 6.45) is 2.62. The Hall–Kier alpha value is -1.95. The number of benzene rings is 1. The molecule has 1 unspecified atom stereocenters. The average Bonchev–Trinajstić information content (AvgIpc) is 2.61. The highest BCUT2D eigenvalue weighted by molar-refractivity contribution is 5.27. The highest BCUT2D eigenvalue weighted by Gasteiger charge is 2.30. The zero-order chi connectivity index (χ0) is 17.6. The molecule has 0 aliphatic carbocycles. The molecule has 1 aliphatic rings. The van der Waals surface area contributed by atoms with Crippen LogP contribution in [0.25, 0.3) is 0 Å². The van der Waals surface area contributed by atoms with Crippen LogP contribution < -0.4 is 5.43 Å². The van der Waals surface area contributed by atoms with E-state index in [1.807, 2.05) is 20.2 Å². The lowest BCUT2D eigenvalue weighted by Crippen LogP contribution is -2.41. The van der Waals surface area contributed by atoms with E-state index in [1.165, 1.54) is 5.56 Å². The third kappa shape index (κ3) is 4.57. The van der Waals surface area contributed by atoms with Gasteiger partial charge in [0.05, 0.1) is 19.3 Å². The summed E-state index contributed by atoms with van der Waals surface area (Å²) >= 11 is 0. The third-order valence-electron chi connectivity index (χ3n) is 4.69. The zero-order valence-electron chi connectivity index (χ0n) is 15.1. The van der Waals surface area contributed by atoms with E-state index in [1.54, 1.807) is 12.3 Å². The molecule has 0 amide bonds. The summed E-state index contributed by atoms with van der Waals surface area (Å²) in [5, 5.41) is 0. The maximum Gasteiger partial charge on any atom is 0.186 e. The SMILES string of the molecule is CN(C)CCOCC1c2c([nH]ccc2=O)CCN1Cc1ccccc1. The van der Waals surface area contributed by atoms with Gasteiger partial charge in [0.1, 0.15) is 0 Å². The van der Waals surface area contributed by atoms with Gasteiger partial charge in [0.15, 0.2) is 5.43 Å². The Morgan fingerprint density at radius 2 is 2.04 bits per heavy atom. The molecule has 0 saturated carbocycles. The predicted octanol–water partition coefficient (Wildman–Crippen LogP) is 2.05. The molecule has 1 N–H and O–H groups in total. The number of nitrogens with zero attached hydrogens (tertiary/aromatic N) is 2. The lowest BCUT2D eigenvalue weighted by Gasteiger charge is -2.36. The minimum absolute atomic E-state index is 0.00364. The number of pyridine rings is 1. The molecule has 0 saturated heterocycles. The van der Waals surface area contributed by atoms with Crippen LogP contribution in [0.1, 0.15) is 22.9 Å². The van der Waals surface area contributed by atoms with Gasteiger partial charge in [-0.25, -0.2) is 0 Å². The van der Waals surface area contributed by atoms with Crippen molar-refractivity contribution in [1.82, 2.24) is 14.8 Å². The molecule has 2 aromatic rings. The second-order valence-electron chi connectivity index (χ2n) is 6.83. The molecule has 0 bridgehead atoms. The smallest absolute Gasteiger partial charge is 0.186 e. The number of H-pyrrole nitrogens is 1. The van der Waals surface area contributed by atoms with Gasteiger partial charge in [-0.05, 0) is 19.7 Å². The van der Waals surface area contributed by atoms with E-state index in [4.69, 9.17) is 4.74 Å². The minimum atomic E-state index is -0.00364. The van der Waals surface area contributed by atoms with Gasteiger partial charge in [0.25, 0.3) is 0 Å². The second-order valence-corrected chi connectivity index (χ2v) is 6.83.